The summed E-state index contributed by atoms with van der Waals surface area (Å²) in [7, 11) is 2.83. The predicted octanol–water partition coefficient (Wildman–Crippen LogP) is -0.0885. The van der Waals surface area contributed by atoms with Crippen LogP contribution in [0.5, 0.6) is 5.75 Å². The molecule has 0 unspecified atom stereocenters. The lowest BCUT2D eigenvalue weighted by atomic mass is 10.3. The Morgan fingerprint density at radius 3 is 2.95 bits per heavy atom. The first-order valence-electron chi connectivity index (χ1n) is 5.88. The Morgan fingerprint density at radius 1 is 1.50 bits per heavy atom. The van der Waals surface area contributed by atoms with Crippen LogP contribution in [0.2, 0.25) is 0 Å². The van der Waals surface area contributed by atoms with Gasteiger partial charge in [0, 0.05) is 19.7 Å². The molecule has 2 rings (SSSR count). The molecule has 0 fully saturated rings. The number of aryl methyl sites for hydroxylation is 1. The first kappa shape index (κ1) is 13.8. The third-order valence-electron chi connectivity index (χ3n) is 2.67. The van der Waals surface area contributed by atoms with E-state index < -0.39 is 11.5 Å². The maximum absolute atomic E-state index is 11.9. The molecular weight excluding hydrogens is 264 g/mol. The summed E-state index contributed by atoms with van der Waals surface area (Å²) in [4.78, 5) is 27.5. The Morgan fingerprint density at radius 2 is 2.30 bits per heavy atom. The van der Waals surface area contributed by atoms with Crippen LogP contribution in [0, 0.1) is 0 Å². The van der Waals surface area contributed by atoms with E-state index in [0.717, 1.165) is 5.56 Å². The summed E-state index contributed by atoms with van der Waals surface area (Å²) < 4.78 is 11.2. The maximum Gasteiger partial charge on any atom is 0.361 e. The van der Waals surface area contributed by atoms with E-state index in [9.17, 15) is 9.59 Å². The van der Waals surface area contributed by atoms with Gasteiger partial charge in [-0.25, -0.2) is 9.78 Å². The molecule has 0 aliphatic rings. The van der Waals surface area contributed by atoms with E-state index in [2.05, 4.69) is 15.2 Å². The van der Waals surface area contributed by atoms with Gasteiger partial charge in [0.15, 0.2) is 5.69 Å². The third-order valence-corrected chi connectivity index (χ3v) is 2.67. The second kappa shape index (κ2) is 6.00. The van der Waals surface area contributed by atoms with Crippen LogP contribution in [0.25, 0.3) is 0 Å². The van der Waals surface area contributed by atoms with Gasteiger partial charge in [-0.1, -0.05) is 0 Å². The number of hydrogen-bond donors (Lipinski definition) is 1. The molecule has 106 valence electrons. The molecule has 2 aromatic heterocycles. The van der Waals surface area contributed by atoms with Gasteiger partial charge >= 0.3 is 5.97 Å². The number of nitrogens with one attached hydrogen (secondary N) is 1. The van der Waals surface area contributed by atoms with Gasteiger partial charge in [-0.2, -0.15) is 5.10 Å². The molecular formula is C12H14N4O4. The van der Waals surface area contributed by atoms with Crippen molar-refractivity contribution in [3.63, 3.8) is 0 Å². The van der Waals surface area contributed by atoms with Gasteiger partial charge in [0.2, 0.25) is 5.75 Å². The van der Waals surface area contributed by atoms with Gasteiger partial charge in [0.05, 0.1) is 26.2 Å². The number of nitrogens with zero attached hydrogens (tertiary/aromatic N) is 3. The van der Waals surface area contributed by atoms with Crippen molar-refractivity contribution in [2.45, 2.75) is 6.42 Å². The van der Waals surface area contributed by atoms with Crippen LogP contribution in [0.1, 0.15) is 16.1 Å². The van der Waals surface area contributed by atoms with Crippen LogP contribution >= 0.6 is 0 Å². The number of rotatable bonds is 5. The molecule has 0 radical (unpaired) electrons. The van der Waals surface area contributed by atoms with Crippen molar-refractivity contribution in [2.24, 2.45) is 7.05 Å². The Bertz CT molecular complexity index is 648. The van der Waals surface area contributed by atoms with E-state index in [4.69, 9.17) is 9.47 Å². The standard InChI is InChI=1S/C12H14N4O4/c1-16-7-13-9(10(19-2)11(16)17)12(18)20-4-3-8-5-14-15-6-8/h5-7H,3-4H2,1-2H3,(H,14,15). The summed E-state index contributed by atoms with van der Waals surface area (Å²) >= 11 is 0. The Labute approximate surface area is 114 Å². The van der Waals surface area contributed by atoms with E-state index in [1.165, 1.54) is 25.1 Å². The van der Waals surface area contributed by atoms with E-state index in [1.54, 1.807) is 12.4 Å². The second-order valence-corrected chi connectivity index (χ2v) is 4.03. The molecule has 8 heteroatoms. The Hall–Kier alpha value is -2.64. The predicted molar refractivity (Wildman–Crippen MR) is 68.6 cm³/mol. The lowest BCUT2D eigenvalue weighted by molar-refractivity contribution is 0.0497. The molecule has 2 aromatic rings. The minimum absolute atomic E-state index is 0.122. The summed E-state index contributed by atoms with van der Waals surface area (Å²) in [5, 5.41) is 6.45. The van der Waals surface area contributed by atoms with Crippen molar-refractivity contribution in [3.05, 3.63) is 40.3 Å². The quantitative estimate of drug-likeness (QED) is 0.767. The van der Waals surface area contributed by atoms with Gasteiger partial charge in [0.1, 0.15) is 0 Å². The molecule has 2 heterocycles. The molecule has 0 saturated heterocycles. The first-order valence-corrected chi connectivity index (χ1v) is 5.88. The number of aromatic amines is 1. The summed E-state index contributed by atoms with van der Waals surface area (Å²) in [5.41, 5.74) is 0.355. The number of esters is 1. The monoisotopic (exact) mass is 278 g/mol. The van der Waals surface area contributed by atoms with Crippen LogP contribution in [-0.4, -0.2) is 39.4 Å². The number of carbonyl (C=O) groups excluding carboxylic acids is 1. The fraction of sp³-hybridized carbons (Fsp3) is 0.333. The largest absolute Gasteiger partial charge is 0.489 e. The van der Waals surface area contributed by atoms with E-state index in [1.807, 2.05) is 0 Å². The van der Waals surface area contributed by atoms with Crippen molar-refractivity contribution < 1.29 is 14.3 Å². The maximum atomic E-state index is 11.9. The van der Waals surface area contributed by atoms with Gasteiger partial charge in [-0.15, -0.1) is 0 Å². The highest BCUT2D eigenvalue weighted by Gasteiger charge is 2.19. The fourth-order valence-corrected chi connectivity index (χ4v) is 1.59. The lowest BCUT2D eigenvalue weighted by Crippen LogP contribution is -2.23. The topological polar surface area (TPSA) is 99.1 Å². The molecule has 0 aliphatic carbocycles. The van der Waals surface area contributed by atoms with Crippen molar-refractivity contribution in [1.82, 2.24) is 19.7 Å². The van der Waals surface area contributed by atoms with Crippen LogP contribution in [0.3, 0.4) is 0 Å². The van der Waals surface area contributed by atoms with Crippen molar-refractivity contribution in [3.8, 4) is 5.75 Å². The Kier molecular flexibility index (Phi) is 4.14. The molecule has 0 spiro atoms. The number of hydrogen-bond acceptors (Lipinski definition) is 6. The van der Waals surface area contributed by atoms with Gasteiger partial charge in [-0.05, 0) is 5.56 Å². The first-order chi connectivity index (χ1) is 9.63. The number of ether oxygens (including phenoxy) is 2. The number of methoxy groups -OCH3 is 1. The molecule has 0 saturated carbocycles. The minimum Gasteiger partial charge on any atom is -0.489 e. The smallest absolute Gasteiger partial charge is 0.361 e. The Balaban J connectivity index is 2.06. The second-order valence-electron chi connectivity index (χ2n) is 4.03. The third kappa shape index (κ3) is 2.85. The molecule has 1 N–H and O–H groups in total. The van der Waals surface area contributed by atoms with Gasteiger partial charge in [0.25, 0.3) is 5.56 Å². The molecule has 0 bridgehead atoms. The fourth-order valence-electron chi connectivity index (χ4n) is 1.59. The highest BCUT2D eigenvalue weighted by molar-refractivity contribution is 5.90. The number of H-pyrrole nitrogens is 1. The van der Waals surface area contributed by atoms with Crippen molar-refractivity contribution in [2.75, 3.05) is 13.7 Å². The molecule has 0 aliphatic heterocycles. The molecule has 8 nitrogen and oxygen atoms in total. The van der Waals surface area contributed by atoms with Crippen LogP contribution < -0.4 is 10.3 Å². The summed E-state index contributed by atoms with van der Waals surface area (Å²) in [6, 6.07) is 0. The van der Waals surface area contributed by atoms with E-state index >= 15 is 0 Å². The number of carbonyl (C=O) groups is 1. The zero-order valence-electron chi connectivity index (χ0n) is 11.1. The zero-order valence-corrected chi connectivity index (χ0v) is 11.1. The summed E-state index contributed by atoms with van der Waals surface area (Å²) in [6.07, 6.45) is 5.13. The highest BCUT2D eigenvalue weighted by atomic mass is 16.5. The zero-order chi connectivity index (χ0) is 14.5. The highest BCUT2D eigenvalue weighted by Crippen LogP contribution is 2.10. The van der Waals surface area contributed by atoms with E-state index in [0.29, 0.717) is 6.42 Å². The number of aromatic nitrogens is 4. The molecule has 0 amide bonds. The molecule has 0 aromatic carbocycles. The van der Waals surface area contributed by atoms with Crippen molar-refractivity contribution >= 4 is 5.97 Å². The van der Waals surface area contributed by atoms with Crippen LogP contribution in [0.15, 0.2) is 23.5 Å². The lowest BCUT2D eigenvalue weighted by Gasteiger charge is -2.08. The SMILES string of the molecule is COc1c(C(=O)OCCc2cn[nH]c2)ncn(C)c1=O. The normalized spacial score (nSPS) is 10.3. The average molecular weight is 278 g/mol. The van der Waals surface area contributed by atoms with Gasteiger partial charge < -0.3 is 9.47 Å². The van der Waals surface area contributed by atoms with Crippen LogP contribution in [0.4, 0.5) is 0 Å². The summed E-state index contributed by atoms with van der Waals surface area (Å²) in [6.45, 7) is 0.165. The van der Waals surface area contributed by atoms with Gasteiger partial charge in [-0.3, -0.25) is 14.5 Å². The van der Waals surface area contributed by atoms with E-state index in [-0.39, 0.29) is 18.1 Å². The molecule has 20 heavy (non-hydrogen) atoms. The minimum atomic E-state index is -0.692. The molecule has 0 atom stereocenters. The van der Waals surface area contributed by atoms with Crippen molar-refractivity contribution in [1.29, 1.82) is 0 Å². The van der Waals surface area contributed by atoms with Crippen LogP contribution in [-0.2, 0) is 18.2 Å². The average Bonchev–Trinajstić information content (AvgIpc) is 2.94. The summed E-state index contributed by atoms with van der Waals surface area (Å²) in [5.74, 6) is -0.814.